The summed E-state index contributed by atoms with van der Waals surface area (Å²) in [6, 6.07) is 64.7. The normalized spacial score (nSPS) is 13.5. The van der Waals surface area contributed by atoms with Crippen molar-refractivity contribution in [2.45, 2.75) is 52.6 Å². The van der Waals surface area contributed by atoms with Crippen LogP contribution >= 0.6 is 0 Å². The molecule has 1 unspecified atom stereocenters. The van der Waals surface area contributed by atoms with E-state index in [1.165, 1.54) is 49.1 Å². The molecule has 9 aromatic rings. The van der Waals surface area contributed by atoms with Gasteiger partial charge in [0.1, 0.15) is 0 Å². The van der Waals surface area contributed by atoms with E-state index in [1.807, 2.05) is 18.2 Å². The summed E-state index contributed by atoms with van der Waals surface area (Å²) < 4.78 is 2.33. The number of rotatable bonds is 8. The first-order valence-corrected chi connectivity index (χ1v) is 24.2. The molecule has 6 heteroatoms. The summed E-state index contributed by atoms with van der Waals surface area (Å²) in [7, 11) is -1.34. The van der Waals surface area contributed by atoms with Gasteiger partial charge in [-0.3, -0.25) is 0 Å². The Morgan fingerprint density at radius 3 is 2.10 bits per heavy atom. The summed E-state index contributed by atoms with van der Waals surface area (Å²) in [5.74, 6) is 0.667. The predicted octanol–water partition coefficient (Wildman–Crippen LogP) is 13.8. The van der Waals surface area contributed by atoms with Crippen molar-refractivity contribution in [1.82, 2.24) is 9.55 Å². The molecule has 0 spiro atoms. The summed E-state index contributed by atoms with van der Waals surface area (Å²) in [6.45, 7) is 12.5. The fourth-order valence-electron chi connectivity index (χ4n) is 8.48. The Kier molecular flexibility index (Phi) is 11.9. The maximum absolute atomic E-state index is 5.29. The molecule has 0 N–H and O–H groups in total. The second kappa shape index (κ2) is 17.4. The monoisotopic (exact) mass is 974 g/mol. The molecular weight excluding hydrogens is 925 g/mol. The summed E-state index contributed by atoms with van der Waals surface area (Å²) in [6.07, 6.45) is 3.09. The molecule has 0 radical (unpaired) electrons. The molecule has 0 amide bonds. The molecule has 2 aromatic heterocycles. The van der Waals surface area contributed by atoms with Crippen LogP contribution in [0.25, 0.3) is 54.8 Å². The van der Waals surface area contributed by atoms with Crippen molar-refractivity contribution in [2.24, 2.45) is 5.92 Å². The predicted molar refractivity (Wildman–Crippen MR) is 252 cm³/mol. The fraction of sp³-hybridized carbons (Fsp3) is 0.167. The van der Waals surface area contributed by atoms with E-state index in [4.69, 9.17) is 5.32 Å². The first kappa shape index (κ1) is 41.0. The molecule has 1 atom stereocenters. The van der Waals surface area contributed by atoms with E-state index >= 15 is 0 Å². The maximum Gasteiger partial charge on any atom is 3.00 e. The van der Waals surface area contributed by atoms with Crippen LogP contribution in [0.1, 0.15) is 36.7 Å². The number of para-hydroxylation sites is 2. The molecule has 4 nitrogen and oxygen atoms in total. The number of pyridine rings is 1. The molecule has 7 aromatic carbocycles. The van der Waals surface area contributed by atoms with Crippen LogP contribution in [0.5, 0.6) is 0 Å². The summed E-state index contributed by atoms with van der Waals surface area (Å²) in [5, 5.41) is 11.7. The van der Waals surface area contributed by atoms with Crippen LogP contribution in [0.3, 0.4) is 0 Å². The van der Waals surface area contributed by atoms with Gasteiger partial charge in [0, 0.05) is 29.6 Å². The standard InChI is InChI=1S/C36H25N3.C18H24NSi.Ir/c1-3-11-25(12-4-1)24-38-35-23-27-14-8-7-13-26(27)22-32(35)37-36(38)28-19-20-34-31(21-28)30-17-9-10-18-33(30)39(34)29-15-5-2-6-16-29;1-14(2)11-16-12-17(15-9-7-6-8-10-15)19-13-18(16)20(3,4)5;/h1-18,20-23,36H,24H2;6-9,12-14H,11H2,1-5H3;/q-2;-1;+3. The minimum Gasteiger partial charge on any atom is -0.661 e. The van der Waals surface area contributed by atoms with Gasteiger partial charge in [-0.05, 0) is 75.4 Å². The average molecular weight is 974 g/mol. The first-order chi connectivity index (χ1) is 28.7. The molecule has 0 saturated heterocycles. The molecule has 10 rings (SSSR count). The molecular formula is C54H49IrN4Si. The molecule has 0 bridgehead atoms. The van der Waals surface area contributed by atoms with E-state index in [1.54, 1.807) is 0 Å². The van der Waals surface area contributed by atoms with Crippen LogP contribution < -0.4 is 10.1 Å². The summed E-state index contributed by atoms with van der Waals surface area (Å²) in [5.41, 5.74) is 11.7. The molecule has 298 valence electrons. The Morgan fingerprint density at radius 2 is 1.38 bits per heavy atom. The van der Waals surface area contributed by atoms with Gasteiger partial charge in [-0.15, -0.1) is 47.0 Å². The maximum atomic E-state index is 5.29. The van der Waals surface area contributed by atoms with Gasteiger partial charge in [-0.1, -0.05) is 148 Å². The Bertz CT molecular complexity index is 2880. The number of anilines is 1. The van der Waals surface area contributed by atoms with Crippen LogP contribution in [-0.4, -0.2) is 17.6 Å². The number of hydrogen-bond acceptors (Lipinski definition) is 2. The third-order valence-electron chi connectivity index (χ3n) is 11.2. The minimum atomic E-state index is -1.34. The first-order valence-electron chi connectivity index (χ1n) is 20.7. The van der Waals surface area contributed by atoms with Crippen molar-refractivity contribution in [1.29, 1.82) is 0 Å². The van der Waals surface area contributed by atoms with Gasteiger partial charge in [0.05, 0.1) is 8.07 Å². The quantitative estimate of drug-likeness (QED) is 0.112. The number of aromatic nitrogens is 2. The van der Waals surface area contributed by atoms with E-state index in [0.29, 0.717) is 5.92 Å². The van der Waals surface area contributed by atoms with Gasteiger partial charge in [-0.25, -0.2) is 0 Å². The Morgan fingerprint density at radius 1 is 0.700 bits per heavy atom. The zero-order valence-electron chi connectivity index (χ0n) is 34.9. The molecule has 3 heterocycles. The SMILES string of the molecule is CC(C)Cc1cc(-c2[c-]cccc2)ncc1[Si](C)(C)C.[Ir+3].[c-]1cc2c(cc1C1[N-]c3cc4ccccc4cc3N1Cc1ccccc1)c1ccccc1n2-c1ccccc1. The van der Waals surface area contributed by atoms with Gasteiger partial charge in [0.2, 0.25) is 0 Å². The third-order valence-corrected chi connectivity index (χ3v) is 13.3. The van der Waals surface area contributed by atoms with Crippen molar-refractivity contribution >= 4 is 57.2 Å². The molecule has 0 aliphatic carbocycles. The van der Waals surface area contributed by atoms with Crippen molar-refractivity contribution in [3.63, 3.8) is 0 Å². The van der Waals surface area contributed by atoms with E-state index in [9.17, 15) is 0 Å². The van der Waals surface area contributed by atoms with Crippen LogP contribution in [0.2, 0.25) is 19.6 Å². The van der Waals surface area contributed by atoms with Crippen LogP contribution in [0, 0.1) is 18.1 Å². The van der Waals surface area contributed by atoms with Gasteiger partial charge in [0.25, 0.3) is 0 Å². The van der Waals surface area contributed by atoms with E-state index in [-0.39, 0.29) is 26.3 Å². The summed E-state index contributed by atoms with van der Waals surface area (Å²) in [4.78, 5) is 7.11. The second-order valence-corrected chi connectivity index (χ2v) is 22.1. The molecule has 1 aliphatic heterocycles. The average Bonchev–Trinajstić information content (AvgIpc) is 3.77. The van der Waals surface area contributed by atoms with Crippen LogP contribution in [0.15, 0.2) is 170 Å². The van der Waals surface area contributed by atoms with Gasteiger partial charge >= 0.3 is 20.1 Å². The summed E-state index contributed by atoms with van der Waals surface area (Å²) >= 11 is 0. The largest absolute Gasteiger partial charge is 3.00 e. The molecule has 0 saturated carbocycles. The van der Waals surface area contributed by atoms with E-state index < -0.39 is 8.07 Å². The van der Waals surface area contributed by atoms with Crippen molar-refractivity contribution in [2.75, 3.05) is 4.90 Å². The number of benzene rings is 7. The van der Waals surface area contributed by atoms with E-state index in [2.05, 4.69) is 212 Å². The topological polar surface area (TPSA) is 35.2 Å². The Balaban J connectivity index is 0.000000202. The molecule has 60 heavy (non-hydrogen) atoms. The zero-order chi connectivity index (χ0) is 40.5. The van der Waals surface area contributed by atoms with Gasteiger partial charge in [0.15, 0.2) is 0 Å². The second-order valence-electron chi connectivity index (χ2n) is 17.0. The van der Waals surface area contributed by atoms with Crippen LogP contribution in [0.4, 0.5) is 11.4 Å². The fourth-order valence-corrected chi connectivity index (χ4v) is 10.1. The number of fused-ring (bicyclic) bond motifs is 5. The minimum absolute atomic E-state index is 0. The van der Waals surface area contributed by atoms with E-state index in [0.717, 1.165) is 46.7 Å². The Hall–Kier alpha value is -5.78. The molecule has 0 fully saturated rings. The number of hydrogen-bond donors (Lipinski definition) is 0. The van der Waals surface area contributed by atoms with Crippen LogP contribution in [-0.2, 0) is 33.1 Å². The van der Waals surface area contributed by atoms with Gasteiger partial charge < -0.3 is 19.8 Å². The third kappa shape index (κ3) is 8.33. The van der Waals surface area contributed by atoms with Crippen molar-refractivity contribution in [3.05, 3.63) is 204 Å². The Labute approximate surface area is 369 Å². The van der Waals surface area contributed by atoms with Crippen molar-refractivity contribution in [3.8, 4) is 16.9 Å². The smallest absolute Gasteiger partial charge is 0.661 e. The molecule has 1 aliphatic rings. The number of nitrogens with zero attached hydrogens (tertiary/aromatic N) is 4. The van der Waals surface area contributed by atoms with Gasteiger partial charge in [-0.2, -0.15) is 23.8 Å². The zero-order valence-corrected chi connectivity index (χ0v) is 38.3. The van der Waals surface area contributed by atoms with Crippen molar-refractivity contribution < 1.29 is 20.1 Å².